The van der Waals surface area contributed by atoms with Crippen LogP contribution in [-0.2, 0) is 4.79 Å². The van der Waals surface area contributed by atoms with Gasteiger partial charge in [-0.1, -0.05) is 42.5 Å². The Morgan fingerprint density at radius 3 is 2.45 bits per heavy atom. The molecule has 0 aromatic heterocycles. The number of hydrogen-bond donors (Lipinski definition) is 0. The average Bonchev–Trinajstić information content (AvgIpc) is 2.68. The van der Waals surface area contributed by atoms with Crippen LogP contribution in [0.4, 0.5) is 0 Å². The summed E-state index contributed by atoms with van der Waals surface area (Å²) >= 11 is 0. The van der Waals surface area contributed by atoms with E-state index >= 15 is 0 Å². The first kappa shape index (κ1) is 14.0. The minimum atomic E-state index is -0.523. The van der Waals surface area contributed by atoms with E-state index in [0.29, 0.717) is 11.3 Å². The number of ketones is 1. The number of imide groups is 1. The molecule has 1 heterocycles. The Hall–Kier alpha value is -2.95. The van der Waals surface area contributed by atoms with Gasteiger partial charge in [0.15, 0.2) is 12.4 Å². The highest BCUT2D eigenvalue weighted by Gasteiger charge is 2.30. The summed E-state index contributed by atoms with van der Waals surface area (Å²) in [6.45, 7) is -0.551. The Kier molecular flexibility index (Phi) is 3.70. The van der Waals surface area contributed by atoms with Crippen LogP contribution in [0.25, 0.3) is 0 Å². The van der Waals surface area contributed by atoms with Crippen molar-refractivity contribution in [1.29, 1.82) is 0 Å². The molecule has 0 fully saturated rings. The van der Waals surface area contributed by atoms with Crippen LogP contribution in [-0.4, -0.2) is 35.6 Å². The number of amides is 2. The molecule has 110 valence electrons. The summed E-state index contributed by atoms with van der Waals surface area (Å²) in [5.41, 5.74) is 0.746. The van der Waals surface area contributed by atoms with Gasteiger partial charge in [0, 0.05) is 5.56 Å². The Labute approximate surface area is 127 Å². The third-order valence-electron chi connectivity index (χ3n) is 3.41. The maximum absolute atomic E-state index is 12.5. The molecule has 2 amide bonds. The van der Waals surface area contributed by atoms with Crippen LogP contribution >= 0.6 is 0 Å². The molecule has 1 aliphatic heterocycles. The second-order valence-corrected chi connectivity index (χ2v) is 4.86. The molecule has 0 unspecified atom stereocenters. The van der Waals surface area contributed by atoms with Gasteiger partial charge in [-0.3, -0.25) is 19.3 Å². The standard InChI is InChI=1S/C17H13NO4/c19-14(12-6-2-1-3-7-12)10-18-16(20)11-22-15-9-5-4-8-13(15)17(18)21/h1-9H,10-11H2. The Balaban J connectivity index is 1.88. The van der Waals surface area contributed by atoms with E-state index in [1.54, 1.807) is 54.6 Å². The molecule has 2 aromatic rings. The van der Waals surface area contributed by atoms with E-state index < -0.39 is 11.8 Å². The molecule has 0 spiro atoms. The number of para-hydroxylation sites is 1. The van der Waals surface area contributed by atoms with E-state index in [1.807, 2.05) is 0 Å². The van der Waals surface area contributed by atoms with Gasteiger partial charge < -0.3 is 4.74 Å². The predicted octanol–water partition coefficient (Wildman–Crippen LogP) is 1.93. The first-order valence-electron chi connectivity index (χ1n) is 6.81. The van der Waals surface area contributed by atoms with E-state index in [-0.39, 0.29) is 24.5 Å². The van der Waals surface area contributed by atoms with Crippen molar-refractivity contribution in [2.45, 2.75) is 0 Å². The molecule has 0 N–H and O–H groups in total. The second-order valence-electron chi connectivity index (χ2n) is 4.86. The molecule has 5 heteroatoms. The number of carbonyl (C=O) groups is 3. The number of nitrogens with zero attached hydrogens (tertiary/aromatic N) is 1. The van der Waals surface area contributed by atoms with Gasteiger partial charge in [0.05, 0.1) is 12.1 Å². The predicted molar refractivity (Wildman–Crippen MR) is 78.8 cm³/mol. The topological polar surface area (TPSA) is 63.7 Å². The zero-order valence-electron chi connectivity index (χ0n) is 11.7. The summed E-state index contributed by atoms with van der Waals surface area (Å²) in [7, 11) is 0. The summed E-state index contributed by atoms with van der Waals surface area (Å²) in [5.74, 6) is -0.968. The summed E-state index contributed by atoms with van der Waals surface area (Å²) < 4.78 is 5.33. The van der Waals surface area contributed by atoms with Crippen molar-refractivity contribution in [1.82, 2.24) is 4.90 Å². The van der Waals surface area contributed by atoms with Gasteiger partial charge in [0.1, 0.15) is 5.75 Å². The fraction of sp³-hybridized carbons (Fsp3) is 0.118. The van der Waals surface area contributed by atoms with Gasteiger partial charge in [-0.2, -0.15) is 0 Å². The number of hydrogen-bond acceptors (Lipinski definition) is 4. The lowest BCUT2D eigenvalue weighted by Crippen LogP contribution is -2.41. The Bertz CT molecular complexity index is 739. The number of carbonyl (C=O) groups excluding carboxylic acids is 3. The summed E-state index contributed by atoms with van der Waals surface area (Å²) in [4.78, 5) is 37.8. The minimum absolute atomic E-state index is 0.259. The fourth-order valence-corrected chi connectivity index (χ4v) is 2.26. The molecule has 0 saturated heterocycles. The van der Waals surface area contributed by atoms with Crippen LogP contribution in [0, 0.1) is 0 Å². The summed E-state index contributed by atoms with van der Waals surface area (Å²) in [5, 5.41) is 0. The lowest BCUT2D eigenvalue weighted by molar-refractivity contribution is -0.129. The van der Waals surface area contributed by atoms with Gasteiger partial charge in [0.25, 0.3) is 11.8 Å². The molecule has 0 radical (unpaired) electrons. The summed E-state index contributed by atoms with van der Waals surface area (Å²) in [6.07, 6.45) is 0. The molecular formula is C17H13NO4. The molecule has 2 aromatic carbocycles. The zero-order chi connectivity index (χ0) is 15.5. The number of ether oxygens (including phenoxy) is 1. The molecule has 3 rings (SSSR count). The first-order valence-corrected chi connectivity index (χ1v) is 6.81. The molecule has 0 bridgehead atoms. The minimum Gasteiger partial charge on any atom is -0.483 e. The molecule has 1 aliphatic rings. The Morgan fingerprint density at radius 2 is 1.68 bits per heavy atom. The van der Waals surface area contributed by atoms with Crippen LogP contribution in [0.2, 0.25) is 0 Å². The van der Waals surface area contributed by atoms with Crippen molar-refractivity contribution < 1.29 is 19.1 Å². The van der Waals surface area contributed by atoms with Crippen LogP contribution in [0.15, 0.2) is 54.6 Å². The lowest BCUT2D eigenvalue weighted by Gasteiger charge is -2.17. The summed E-state index contributed by atoms with van der Waals surface area (Å²) in [6, 6.07) is 15.2. The van der Waals surface area contributed by atoms with Crippen molar-refractivity contribution in [2.75, 3.05) is 13.2 Å². The Morgan fingerprint density at radius 1 is 1.00 bits per heavy atom. The number of rotatable bonds is 3. The molecule has 22 heavy (non-hydrogen) atoms. The second kappa shape index (κ2) is 5.81. The quantitative estimate of drug-likeness (QED) is 0.641. The van der Waals surface area contributed by atoms with E-state index in [2.05, 4.69) is 0 Å². The van der Waals surface area contributed by atoms with Crippen molar-refractivity contribution in [3.05, 3.63) is 65.7 Å². The number of fused-ring (bicyclic) bond motifs is 1. The SMILES string of the molecule is O=C(CN1C(=O)COc2ccccc2C1=O)c1ccccc1. The van der Waals surface area contributed by atoms with Crippen molar-refractivity contribution >= 4 is 17.6 Å². The van der Waals surface area contributed by atoms with Crippen molar-refractivity contribution in [3.8, 4) is 5.75 Å². The normalized spacial score (nSPS) is 14.1. The van der Waals surface area contributed by atoms with Crippen LogP contribution in [0.5, 0.6) is 5.75 Å². The smallest absolute Gasteiger partial charge is 0.267 e. The van der Waals surface area contributed by atoms with Gasteiger partial charge in [-0.05, 0) is 12.1 Å². The zero-order valence-corrected chi connectivity index (χ0v) is 11.7. The highest BCUT2D eigenvalue weighted by molar-refractivity contribution is 6.11. The van der Waals surface area contributed by atoms with Crippen molar-refractivity contribution in [3.63, 3.8) is 0 Å². The highest BCUT2D eigenvalue weighted by atomic mass is 16.5. The van der Waals surface area contributed by atoms with E-state index in [4.69, 9.17) is 4.74 Å². The van der Waals surface area contributed by atoms with Crippen LogP contribution in [0.3, 0.4) is 0 Å². The van der Waals surface area contributed by atoms with E-state index in [9.17, 15) is 14.4 Å². The van der Waals surface area contributed by atoms with Crippen molar-refractivity contribution in [2.24, 2.45) is 0 Å². The van der Waals surface area contributed by atoms with Gasteiger partial charge in [-0.15, -0.1) is 0 Å². The monoisotopic (exact) mass is 295 g/mol. The largest absolute Gasteiger partial charge is 0.483 e. The van der Waals surface area contributed by atoms with E-state index in [1.165, 1.54) is 0 Å². The molecule has 0 atom stereocenters. The van der Waals surface area contributed by atoms with Gasteiger partial charge in [0.2, 0.25) is 0 Å². The molecule has 5 nitrogen and oxygen atoms in total. The average molecular weight is 295 g/mol. The molecular weight excluding hydrogens is 282 g/mol. The molecule has 0 saturated carbocycles. The third kappa shape index (κ3) is 2.61. The highest BCUT2D eigenvalue weighted by Crippen LogP contribution is 2.23. The van der Waals surface area contributed by atoms with Crippen LogP contribution in [0.1, 0.15) is 20.7 Å². The molecule has 0 aliphatic carbocycles. The van der Waals surface area contributed by atoms with E-state index in [0.717, 1.165) is 4.90 Å². The first-order chi connectivity index (χ1) is 10.7. The lowest BCUT2D eigenvalue weighted by atomic mass is 10.1. The fourth-order valence-electron chi connectivity index (χ4n) is 2.26. The third-order valence-corrected chi connectivity index (χ3v) is 3.41. The maximum Gasteiger partial charge on any atom is 0.267 e. The maximum atomic E-state index is 12.5. The number of Topliss-reactive ketones (excluding diaryl/α,β-unsaturated/α-hetero) is 1. The van der Waals surface area contributed by atoms with Gasteiger partial charge in [-0.25, -0.2) is 0 Å². The van der Waals surface area contributed by atoms with Crippen LogP contribution < -0.4 is 4.74 Å². The van der Waals surface area contributed by atoms with Gasteiger partial charge >= 0.3 is 0 Å². The number of benzene rings is 2.